The van der Waals surface area contributed by atoms with Gasteiger partial charge in [-0.25, -0.2) is 4.98 Å². The van der Waals surface area contributed by atoms with Crippen LogP contribution in [0.2, 0.25) is 0 Å². The van der Waals surface area contributed by atoms with Crippen molar-refractivity contribution in [1.82, 2.24) is 14.9 Å². The molecule has 26 heavy (non-hydrogen) atoms. The molecule has 5 nitrogen and oxygen atoms in total. The van der Waals surface area contributed by atoms with Crippen LogP contribution in [0.3, 0.4) is 0 Å². The lowest BCUT2D eigenvalue weighted by atomic mass is 10.1. The molecule has 1 aromatic heterocycles. The number of hydrogen-bond donors (Lipinski definition) is 1. The zero-order chi connectivity index (χ0) is 18.5. The van der Waals surface area contributed by atoms with E-state index in [4.69, 9.17) is 9.72 Å². The summed E-state index contributed by atoms with van der Waals surface area (Å²) in [4.78, 5) is 17.2. The molecular formula is C21H25N3O2. The van der Waals surface area contributed by atoms with Gasteiger partial charge in [-0.15, -0.1) is 0 Å². The van der Waals surface area contributed by atoms with Crippen LogP contribution in [0.25, 0.3) is 11.0 Å². The van der Waals surface area contributed by atoms with Gasteiger partial charge >= 0.3 is 0 Å². The summed E-state index contributed by atoms with van der Waals surface area (Å²) in [5.41, 5.74) is 2.68. The Morgan fingerprint density at radius 1 is 1.19 bits per heavy atom. The maximum atomic E-state index is 12.4. The summed E-state index contributed by atoms with van der Waals surface area (Å²) in [7, 11) is 1.61. The fourth-order valence-corrected chi connectivity index (χ4v) is 2.91. The van der Waals surface area contributed by atoms with Gasteiger partial charge in [-0.1, -0.05) is 32.4 Å². The topological polar surface area (TPSA) is 56.2 Å². The molecule has 1 heterocycles. The highest BCUT2D eigenvalue weighted by molar-refractivity contribution is 5.94. The third-order valence-corrected chi connectivity index (χ3v) is 4.68. The molecule has 2 aromatic carbocycles. The van der Waals surface area contributed by atoms with Crippen molar-refractivity contribution >= 4 is 16.9 Å². The van der Waals surface area contributed by atoms with Crippen LogP contribution in [0.1, 0.15) is 36.5 Å². The van der Waals surface area contributed by atoms with Crippen molar-refractivity contribution in [1.29, 1.82) is 0 Å². The predicted octanol–water partition coefficient (Wildman–Crippen LogP) is 4.02. The van der Waals surface area contributed by atoms with E-state index in [1.54, 1.807) is 31.4 Å². The first-order valence-corrected chi connectivity index (χ1v) is 8.98. The van der Waals surface area contributed by atoms with Crippen LogP contribution in [0.4, 0.5) is 0 Å². The Morgan fingerprint density at radius 2 is 1.92 bits per heavy atom. The zero-order valence-electron chi connectivity index (χ0n) is 15.5. The number of ether oxygens (including phenoxy) is 1. The number of nitrogens with one attached hydrogen (secondary N) is 1. The molecule has 0 saturated heterocycles. The van der Waals surface area contributed by atoms with Crippen molar-refractivity contribution in [3.8, 4) is 5.75 Å². The summed E-state index contributed by atoms with van der Waals surface area (Å²) in [6, 6.07) is 15.2. The van der Waals surface area contributed by atoms with Crippen molar-refractivity contribution in [3.63, 3.8) is 0 Å². The van der Waals surface area contributed by atoms with Crippen LogP contribution in [-0.2, 0) is 13.1 Å². The Balaban J connectivity index is 1.79. The van der Waals surface area contributed by atoms with Crippen molar-refractivity contribution in [3.05, 3.63) is 59.9 Å². The fourth-order valence-electron chi connectivity index (χ4n) is 2.91. The lowest BCUT2D eigenvalue weighted by Crippen LogP contribution is -2.25. The molecule has 1 unspecified atom stereocenters. The van der Waals surface area contributed by atoms with Crippen LogP contribution < -0.4 is 10.1 Å². The summed E-state index contributed by atoms with van der Waals surface area (Å²) in [6.07, 6.45) is 1.10. The Labute approximate surface area is 154 Å². The minimum atomic E-state index is -0.116. The molecule has 3 rings (SSSR count). The number of fused-ring (bicyclic) bond motifs is 1. The molecule has 0 aliphatic rings. The normalized spacial score (nSPS) is 12.1. The Kier molecular flexibility index (Phi) is 5.56. The smallest absolute Gasteiger partial charge is 0.251 e. The monoisotopic (exact) mass is 351 g/mol. The van der Waals surface area contributed by atoms with Crippen LogP contribution in [0.15, 0.2) is 48.5 Å². The largest absolute Gasteiger partial charge is 0.497 e. The Morgan fingerprint density at radius 3 is 2.62 bits per heavy atom. The first-order chi connectivity index (χ1) is 12.6. The fraction of sp³-hybridized carbons (Fsp3) is 0.333. The third-order valence-electron chi connectivity index (χ3n) is 4.68. The number of methoxy groups -OCH3 is 1. The molecule has 0 radical (unpaired) electrons. The van der Waals surface area contributed by atoms with Gasteiger partial charge in [-0.05, 0) is 42.3 Å². The summed E-state index contributed by atoms with van der Waals surface area (Å²) >= 11 is 0. The van der Waals surface area contributed by atoms with E-state index in [1.807, 2.05) is 18.2 Å². The number of carbonyl (C=O) groups is 1. The third kappa shape index (κ3) is 3.87. The first kappa shape index (κ1) is 18.0. The molecule has 0 aliphatic carbocycles. The minimum Gasteiger partial charge on any atom is -0.497 e. The number of aromatic nitrogens is 2. The molecule has 0 fully saturated rings. The molecule has 3 aromatic rings. The first-order valence-electron chi connectivity index (χ1n) is 8.98. The van der Waals surface area contributed by atoms with E-state index < -0.39 is 0 Å². The molecule has 1 N–H and O–H groups in total. The minimum absolute atomic E-state index is 0.116. The highest BCUT2D eigenvalue weighted by Gasteiger charge is 2.14. The van der Waals surface area contributed by atoms with E-state index in [0.717, 1.165) is 35.6 Å². The second-order valence-corrected chi connectivity index (χ2v) is 6.55. The van der Waals surface area contributed by atoms with Crippen LogP contribution in [0, 0.1) is 5.92 Å². The van der Waals surface area contributed by atoms with Crippen molar-refractivity contribution in [2.24, 2.45) is 5.92 Å². The van der Waals surface area contributed by atoms with Gasteiger partial charge < -0.3 is 14.6 Å². The average Bonchev–Trinajstić information content (AvgIpc) is 3.03. The van der Waals surface area contributed by atoms with E-state index in [2.05, 4.69) is 29.8 Å². The van der Waals surface area contributed by atoms with Gasteiger partial charge in [0.1, 0.15) is 11.6 Å². The van der Waals surface area contributed by atoms with Crippen LogP contribution in [-0.4, -0.2) is 22.6 Å². The Bertz CT molecular complexity index is 884. The number of benzene rings is 2. The summed E-state index contributed by atoms with van der Waals surface area (Å²) < 4.78 is 7.35. The van der Waals surface area contributed by atoms with Crippen molar-refractivity contribution in [2.45, 2.75) is 33.4 Å². The lowest BCUT2D eigenvalue weighted by molar-refractivity contribution is 0.0949. The highest BCUT2D eigenvalue weighted by Crippen LogP contribution is 2.19. The summed E-state index contributed by atoms with van der Waals surface area (Å²) in [5.74, 6) is 2.05. The molecule has 0 bridgehead atoms. The number of hydrogen-bond acceptors (Lipinski definition) is 3. The number of nitrogens with zero attached hydrogens (tertiary/aromatic N) is 2. The Hall–Kier alpha value is -2.82. The highest BCUT2D eigenvalue weighted by atomic mass is 16.5. The molecular weight excluding hydrogens is 326 g/mol. The number of amides is 1. The summed E-state index contributed by atoms with van der Waals surface area (Å²) in [5, 5.41) is 2.98. The van der Waals surface area contributed by atoms with Crippen molar-refractivity contribution in [2.75, 3.05) is 7.11 Å². The number of rotatable bonds is 7. The quantitative estimate of drug-likeness (QED) is 0.699. The second-order valence-electron chi connectivity index (χ2n) is 6.55. The SMILES string of the molecule is CCC(C)Cn1c(CNC(=O)c2ccc(OC)cc2)nc2ccccc21. The molecule has 1 atom stereocenters. The van der Waals surface area contributed by atoms with E-state index in [1.165, 1.54) is 0 Å². The predicted molar refractivity (Wildman–Crippen MR) is 103 cm³/mol. The number of imidazole rings is 1. The lowest BCUT2D eigenvalue weighted by Gasteiger charge is -2.14. The molecule has 0 saturated carbocycles. The van der Waals surface area contributed by atoms with E-state index in [0.29, 0.717) is 18.0 Å². The zero-order valence-corrected chi connectivity index (χ0v) is 15.5. The van der Waals surface area contributed by atoms with Gasteiger partial charge in [0.15, 0.2) is 0 Å². The molecule has 1 amide bonds. The standard InChI is InChI=1S/C21H25N3O2/c1-4-15(2)14-24-19-8-6-5-7-18(19)23-20(24)13-22-21(25)16-9-11-17(26-3)12-10-16/h5-12,15H,4,13-14H2,1-3H3,(H,22,25). The summed E-state index contributed by atoms with van der Waals surface area (Å²) in [6.45, 7) is 5.71. The maximum absolute atomic E-state index is 12.4. The van der Waals surface area contributed by atoms with Gasteiger partial charge in [0.25, 0.3) is 5.91 Å². The van der Waals surface area contributed by atoms with Gasteiger partial charge in [-0.2, -0.15) is 0 Å². The van der Waals surface area contributed by atoms with E-state index in [9.17, 15) is 4.79 Å². The second kappa shape index (κ2) is 8.04. The molecule has 0 spiro atoms. The van der Waals surface area contributed by atoms with E-state index >= 15 is 0 Å². The van der Waals surface area contributed by atoms with E-state index in [-0.39, 0.29) is 5.91 Å². The molecule has 136 valence electrons. The maximum Gasteiger partial charge on any atom is 0.251 e. The number of para-hydroxylation sites is 2. The van der Waals surface area contributed by atoms with Gasteiger partial charge in [0.05, 0.1) is 24.7 Å². The van der Waals surface area contributed by atoms with Gasteiger partial charge in [0.2, 0.25) is 0 Å². The molecule has 5 heteroatoms. The molecule has 0 aliphatic heterocycles. The van der Waals surface area contributed by atoms with Crippen LogP contribution >= 0.6 is 0 Å². The number of carbonyl (C=O) groups excluding carboxylic acids is 1. The van der Waals surface area contributed by atoms with Crippen LogP contribution in [0.5, 0.6) is 5.75 Å². The van der Waals surface area contributed by atoms with Gasteiger partial charge in [-0.3, -0.25) is 4.79 Å². The average molecular weight is 351 g/mol. The van der Waals surface area contributed by atoms with Gasteiger partial charge in [0, 0.05) is 12.1 Å². The van der Waals surface area contributed by atoms with Crippen molar-refractivity contribution < 1.29 is 9.53 Å².